The van der Waals surface area contributed by atoms with Crippen molar-refractivity contribution in [2.45, 2.75) is 0 Å². The number of carbonyl (C=O) groups is 1. The second kappa shape index (κ2) is 9.62. The summed E-state index contributed by atoms with van der Waals surface area (Å²) in [7, 11) is 1.53. The number of para-hydroxylation sites is 2. The van der Waals surface area contributed by atoms with Gasteiger partial charge in [-0.05, 0) is 12.1 Å². The quantitative estimate of drug-likeness (QED) is 0.275. The van der Waals surface area contributed by atoms with Crippen molar-refractivity contribution in [1.82, 2.24) is 5.32 Å². The highest BCUT2D eigenvalue weighted by atomic mass is 35.5. The minimum atomic E-state index is -0.388. The van der Waals surface area contributed by atoms with E-state index in [-0.39, 0.29) is 37.7 Å². The molecule has 0 atom stereocenters. The molecule has 3 N–H and O–H groups in total. The smallest absolute Gasteiger partial charge is 0.319 e. The van der Waals surface area contributed by atoms with E-state index in [9.17, 15) is 4.79 Å². The maximum Gasteiger partial charge on any atom is 0.319 e. The van der Waals surface area contributed by atoms with E-state index >= 15 is 0 Å². The van der Waals surface area contributed by atoms with E-state index in [0.29, 0.717) is 23.7 Å². The Labute approximate surface area is 175 Å². The molecule has 0 saturated carbocycles. The van der Waals surface area contributed by atoms with Crippen LogP contribution in [0, 0.1) is 0 Å². The molecule has 0 bridgehead atoms. The molecule has 0 heterocycles. The molecule has 0 unspecified atom stereocenters. The fraction of sp³-hybridized carbons (Fsp3) is 0.188. The molecule has 140 valence electrons. The van der Waals surface area contributed by atoms with E-state index in [1.165, 1.54) is 7.11 Å². The number of benzene rings is 2. The molecular weight excluding hydrogens is 443 g/mol. The van der Waals surface area contributed by atoms with Gasteiger partial charge in [0.05, 0.1) is 43.6 Å². The van der Waals surface area contributed by atoms with Gasteiger partial charge in [0.15, 0.2) is 0 Å². The van der Waals surface area contributed by atoms with Crippen molar-refractivity contribution in [3.8, 4) is 5.75 Å². The molecule has 0 aromatic heterocycles. The van der Waals surface area contributed by atoms with Gasteiger partial charge in [0.25, 0.3) is 0 Å². The van der Waals surface area contributed by atoms with Crippen LogP contribution in [-0.2, 0) is 0 Å². The lowest BCUT2D eigenvalue weighted by molar-refractivity contribution is 0.252. The van der Waals surface area contributed by atoms with Crippen LogP contribution in [-0.4, -0.2) is 26.2 Å². The predicted octanol–water partition coefficient (Wildman–Crippen LogP) is 6.20. The number of hydrogen-bond donors (Lipinski definition) is 3. The Bertz CT molecular complexity index is 788. The van der Waals surface area contributed by atoms with Crippen LogP contribution in [0.2, 0.25) is 25.1 Å². The number of hydrogen-bond acceptors (Lipinski definition) is 3. The molecule has 0 aliphatic heterocycles. The van der Waals surface area contributed by atoms with Crippen molar-refractivity contribution in [1.29, 1.82) is 0 Å². The Morgan fingerprint density at radius 2 is 1.50 bits per heavy atom. The van der Waals surface area contributed by atoms with Gasteiger partial charge in [0.1, 0.15) is 5.75 Å². The minimum Gasteiger partial charge on any atom is -0.495 e. The van der Waals surface area contributed by atoms with Gasteiger partial charge in [0.2, 0.25) is 0 Å². The molecule has 2 aromatic carbocycles. The summed E-state index contributed by atoms with van der Waals surface area (Å²) in [5, 5.41) is 8.96. The summed E-state index contributed by atoms with van der Waals surface area (Å²) in [6.07, 6.45) is 0. The molecule has 0 radical (unpaired) electrons. The standard InChI is InChI=1S/C16H14Cl5N3O2/c1-26-9-5-3-2-4-8(9)24-16(25)23-7-6-22-15-13(20)11(18)10(17)12(19)14(15)21/h2-5,22H,6-7H2,1H3,(H2,23,24,25). The van der Waals surface area contributed by atoms with Crippen LogP contribution < -0.4 is 20.7 Å². The van der Waals surface area contributed by atoms with Gasteiger partial charge < -0.3 is 20.7 Å². The molecule has 0 aliphatic carbocycles. The second-order valence-corrected chi connectivity index (χ2v) is 6.84. The van der Waals surface area contributed by atoms with E-state index < -0.39 is 0 Å². The summed E-state index contributed by atoms with van der Waals surface area (Å²) < 4.78 is 5.17. The zero-order valence-electron chi connectivity index (χ0n) is 13.4. The van der Waals surface area contributed by atoms with Crippen molar-refractivity contribution in [2.24, 2.45) is 0 Å². The van der Waals surface area contributed by atoms with Gasteiger partial charge in [0, 0.05) is 13.1 Å². The highest BCUT2D eigenvalue weighted by molar-refractivity contribution is 6.56. The van der Waals surface area contributed by atoms with Crippen LogP contribution in [0.5, 0.6) is 5.75 Å². The van der Waals surface area contributed by atoms with E-state index in [1.807, 2.05) is 6.07 Å². The molecule has 0 saturated heterocycles. The molecule has 0 aliphatic rings. The third kappa shape index (κ3) is 4.93. The van der Waals surface area contributed by atoms with Crippen LogP contribution in [0.3, 0.4) is 0 Å². The lowest BCUT2D eigenvalue weighted by Crippen LogP contribution is -2.32. The molecule has 10 heteroatoms. The van der Waals surface area contributed by atoms with E-state index in [0.717, 1.165) is 0 Å². The van der Waals surface area contributed by atoms with Crippen molar-refractivity contribution in [3.05, 3.63) is 49.4 Å². The van der Waals surface area contributed by atoms with Gasteiger partial charge in [-0.1, -0.05) is 70.1 Å². The first-order valence-corrected chi connectivity index (χ1v) is 9.19. The summed E-state index contributed by atoms with van der Waals surface area (Å²) >= 11 is 30.2. The summed E-state index contributed by atoms with van der Waals surface area (Å²) in [5.74, 6) is 0.560. The molecule has 2 aromatic rings. The van der Waals surface area contributed by atoms with Crippen molar-refractivity contribution in [2.75, 3.05) is 30.8 Å². The monoisotopic (exact) mass is 455 g/mol. The number of halogens is 5. The molecule has 0 fully saturated rings. The topological polar surface area (TPSA) is 62.4 Å². The number of carbonyl (C=O) groups excluding carboxylic acids is 1. The van der Waals surface area contributed by atoms with Gasteiger partial charge in [-0.2, -0.15) is 0 Å². The first kappa shape index (κ1) is 21.1. The maximum atomic E-state index is 12.0. The number of ether oxygens (including phenoxy) is 1. The number of nitrogens with one attached hydrogen (secondary N) is 3. The first-order valence-electron chi connectivity index (χ1n) is 7.30. The third-order valence-electron chi connectivity index (χ3n) is 3.28. The highest BCUT2D eigenvalue weighted by Crippen LogP contribution is 2.46. The second-order valence-electron chi connectivity index (χ2n) is 4.95. The molecule has 5 nitrogen and oxygen atoms in total. The Balaban J connectivity index is 1.90. The summed E-state index contributed by atoms with van der Waals surface area (Å²) in [4.78, 5) is 12.0. The Hall–Kier alpha value is -1.24. The fourth-order valence-electron chi connectivity index (χ4n) is 2.04. The first-order chi connectivity index (χ1) is 12.4. The number of rotatable bonds is 6. The van der Waals surface area contributed by atoms with Gasteiger partial charge in [-0.15, -0.1) is 0 Å². The van der Waals surface area contributed by atoms with E-state index in [2.05, 4.69) is 16.0 Å². The van der Waals surface area contributed by atoms with Gasteiger partial charge in [-0.25, -0.2) is 4.79 Å². The number of urea groups is 1. The lowest BCUT2D eigenvalue weighted by Gasteiger charge is -2.15. The lowest BCUT2D eigenvalue weighted by atomic mass is 10.3. The number of amides is 2. The molecular formula is C16H14Cl5N3O2. The normalized spacial score (nSPS) is 10.4. The SMILES string of the molecule is COc1ccccc1NC(=O)NCCNc1c(Cl)c(Cl)c(Cl)c(Cl)c1Cl. The summed E-state index contributed by atoms with van der Waals surface area (Å²) in [6, 6.07) is 6.68. The fourth-order valence-corrected chi connectivity index (χ4v) is 3.31. The van der Waals surface area contributed by atoms with Crippen LogP contribution in [0.4, 0.5) is 16.2 Å². The average Bonchev–Trinajstić information content (AvgIpc) is 2.64. The molecule has 2 amide bonds. The van der Waals surface area contributed by atoms with Crippen molar-refractivity contribution >= 4 is 75.4 Å². The Morgan fingerprint density at radius 1 is 0.923 bits per heavy atom. The van der Waals surface area contributed by atoms with Crippen LogP contribution in [0.15, 0.2) is 24.3 Å². The summed E-state index contributed by atoms with van der Waals surface area (Å²) in [5.41, 5.74) is 0.905. The average molecular weight is 458 g/mol. The van der Waals surface area contributed by atoms with Crippen molar-refractivity contribution < 1.29 is 9.53 Å². The molecule has 2 rings (SSSR count). The highest BCUT2D eigenvalue weighted by Gasteiger charge is 2.19. The van der Waals surface area contributed by atoms with Crippen LogP contribution in [0.25, 0.3) is 0 Å². The maximum absolute atomic E-state index is 12.0. The van der Waals surface area contributed by atoms with E-state index in [1.54, 1.807) is 18.2 Å². The zero-order valence-corrected chi connectivity index (χ0v) is 17.2. The van der Waals surface area contributed by atoms with Gasteiger partial charge in [-0.3, -0.25) is 0 Å². The number of methoxy groups -OCH3 is 1. The Kier molecular flexibility index (Phi) is 7.80. The molecule has 0 spiro atoms. The molecule has 26 heavy (non-hydrogen) atoms. The number of anilines is 2. The van der Waals surface area contributed by atoms with Gasteiger partial charge >= 0.3 is 6.03 Å². The van der Waals surface area contributed by atoms with Crippen LogP contribution >= 0.6 is 58.0 Å². The van der Waals surface area contributed by atoms with E-state index in [4.69, 9.17) is 62.7 Å². The van der Waals surface area contributed by atoms with Crippen LogP contribution in [0.1, 0.15) is 0 Å². The Morgan fingerprint density at radius 3 is 2.12 bits per heavy atom. The van der Waals surface area contributed by atoms with Crippen molar-refractivity contribution in [3.63, 3.8) is 0 Å². The zero-order chi connectivity index (χ0) is 19.3. The third-order valence-corrected chi connectivity index (χ3v) is 5.55. The predicted molar refractivity (Wildman–Crippen MR) is 110 cm³/mol. The summed E-state index contributed by atoms with van der Waals surface area (Å²) in [6.45, 7) is 0.610. The largest absolute Gasteiger partial charge is 0.495 e. The minimum absolute atomic E-state index is 0.0863.